The van der Waals surface area contributed by atoms with Crippen molar-refractivity contribution < 1.29 is 14.6 Å². The summed E-state index contributed by atoms with van der Waals surface area (Å²) < 4.78 is 5.32. The molecule has 1 fully saturated rings. The first-order valence-corrected chi connectivity index (χ1v) is 6.37. The van der Waals surface area contributed by atoms with Crippen molar-refractivity contribution in [3.8, 4) is 5.75 Å². The van der Waals surface area contributed by atoms with Gasteiger partial charge in [0.2, 0.25) is 0 Å². The van der Waals surface area contributed by atoms with Crippen LogP contribution in [0.15, 0.2) is 18.2 Å². The van der Waals surface area contributed by atoms with Gasteiger partial charge in [0, 0.05) is 0 Å². The van der Waals surface area contributed by atoms with Crippen molar-refractivity contribution in [3.05, 3.63) is 29.3 Å². The molecular weight excluding hydrogens is 228 g/mol. The average molecular weight is 248 g/mol. The standard InChI is InChI=1S/C15H20O3/c1-10(2)11-4-5-12(13(8-11)18-3)14(17)15(9-16)6-7-15/h4-5,8,10,16H,6-7,9H2,1-3H3. The molecule has 0 amide bonds. The summed E-state index contributed by atoms with van der Waals surface area (Å²) >= 11 is 0. The fourth-order valence-electron chi connectivity index (χ4n) is 2.15. The lowest BCUT2D eigenvalue weighted by molar-refractivity contribution is 0.0826. The molecule has 0 spiro atoms. The highest BCUT2D eigenvalue weighted by atomic mass is 16.5. The lowest BCUT2D eigenvalue weighted by Crippen LogP contribution is -2.20. The highest BCUT2D eigenvalue weighted by molar-refractivity contribution is 6.04. The van der Waals surface area contributed by atoms with Crippen LogP contribution in [0.5, 0.6) is 5.75 Å². The molecule has 1 aromatic carbocycles. The Kier molecular flexibility index (Phi) is 3.44. The van der Waals surface area contributed by atoms with Crippen molar-refractivity contribution in [2.75, 3.05) is 13.7 Å². The molecule has 1 N–H and O–H groups in total. The average Bonchev–Trinajstić information content (AvgIpc) is 3.18. The molecule has 2 rings (SSSR count). The van der Waals surface area contributed by atoms with Crippen molar-refractivity contribution in [1.82, 2.24) is 0 Å². The van der Waals surface area contributed by atoms with Crippen LogP contribution in [0.2, 0.25) is 0 Å². The summed E-state index contributed by atoms with van der Waals surface area (Å²) in [6.07, 6.45) is 1.55. The number of Topliss-reactive ketones (excluding diaryl/α,β-unsaturated/α-hetero) is 1. The number of ketones is 1. The Morgan fingerprint density at radius 3 is 2.56 bits per heavy atom. The Morgan fingerprint density at radius 2 is 2.11 bits per heavy atom. The first kappa shape index (κ1) is 13.1. The third kappa shape index (κ3) is 2.15. The van der Waals surface area contributed by atoms with Crippen LogP contribution in [0, 0.1) is 5.41 Å². The maximum Gasteiger partial charge on any atom is 0.175 e. The van der Waals surface area contributed by atoms with Crippen molar-refractivity contribution in [1.29, 1.82) is 0 Å². The summed E-state index contributed by atoms with van der Waals surface area (Å²) in [6, 6.07) is 5.71. The summed E-state index contributed by atoms with van der Waals surface area (Å²) in [6.45, 7) is 4.14. The summed E-state index contributed by atoms with van der Waals surface area (Å²) in [5, 5.41) is 9.33. The summed E-state index contributed by atoms with van der Waals surface area (Å²) in [5.74, 6) is 1.03. The fraction of sp³-hybridized carbons (Fsp3) is 0.533. The van der Waals surface area contributed by atoms with E-state index in [4.69, 9.17) is 4.74 Å². The highest BCUT2D eigenvalue weighted by Crippen LogP contribution is 2.48. The quantitative estimate of drug-likeness (QED) is 0.815. The molecule has 1 saturated carbocycles. The van der Waals surface area contributed by atoms with E-state index in [0.717, 1.165) is 18.4 Å². The predicted molar refractivity (Wildman–Crippen MR) is 70.2 cm³/mol. The first-order chi connectivity index (χ1) is 8.54. The largest absolute Gasteiger partial charge is 0.496 e. The zero-order valence-electron chi connectivity index (χ0n) is 11.2. The SMILES string of the molecule is COc1cc(C(C)C)ccc1C(=O)C1(CO)CC1. The van der Waals surface area contributed by atoms with Crippen LogP contribution in [0.1, 0.15) is 48.5 Å². The minimum absolute atomic E-state index is 0.0113. The second-order valence-electron chi connectivity index (χ2n) is 5.38. The van der Waals surface area contributed by atoms with Gasteiger partial charge in [-0.3, -0.25) is 4.79 Å². The Bertz CT molecular complexity index is 459. The molecule has 1 aliphatic carbocycles. The van der Waals surface area contributed by atoms with Crippen molar-refractivity contribution >= 4 is 5.78 Å². The number of aliphatic hydroxyl groups excluding tert-OH is 1. The second-order valence-corrected chi connectivity index (χ2v) is 5.38. The van der Waals surface area contributed by atoms with E-state index in [2.05, 4.69) is 13.8 Å². The number of hydrogen-bond donors (Lipinski definition) is 1. The number of benzene rings is 1. The maximum absolute atomic E-state index is 12.4. The molecular formula is C15H20O3. The molecule has 0 atom stereocenters. The number of ether oxygens (including phenoxy) is 1. The van der Waals surface area contributed by atoms with Crippen molar-refractivity contribution in [3.63, 3.8) is 0 Å². The Balaban J connectivity index is 2.36. The zero-order valence-corrected chi connectivity index (χ0v) is 11.2. The second kappa shape index (κ2) is 4.73. The Labute approximate surface area is 108 Å². The lowest BCUT2D eigenvalue weighted by atomic mass is 9.92. The number of carbonyl (C=O) groups is 1. The molecule has 1 aromatic rings. The van der Waals surface area contributed by atoms with Crippen LogP contribution >= 0.6 is 0 Å². The number of carbonyl (C=O) groups excluding carboxylic acids is 1. The first-order valence-electron chi connectivity index (χ1n) is 6.37. The molecule has 0 saturated heterocycles. The van der Waals surface area contributed by atoms with Gasteiger partial charge < -0.3 is 9.84 Å². The van der Waals surface area contributed by atoms with Crippen molar-refractivity contribution in [2.45, 2.75) is 32.6 Å². The fourth-order valence-corrected chi connectivity index (χ4v) is 2.15. The van der Waals surface area contributed by atoms with Crippen LogP contribution < -0.4 is 4.74 Å². The van der Waals surface area contributed by atoms with E-state index >= 15 is 0 Å². The van der Waals surface area contributed by atoms with Crippen LogP contribution in [-0.2, 0) is 0 Å². The van der Waals surface area contributed by atoms with E-state index in [-0.39, 0.29) is 12.4 Å². The van der Waals surface area contributed by atoms with Gasteiger partial charge in [-0.1, -0.05) is 19.9 Å². The molecule has 98 valence electrons. The van der Waals surface area contributed by atoms with Gasteiger partial charge in [0.25, 0.3) is 0 Å². The number of rotatable bonds is 5. The smallest absolute Gasteiger partial charge is 0.175 e. The molecule has 0 unspecified atom stereocenters. The molecule has 0 aliphatic heterocycles. The van der Waals surface area contributed by atoms with Gasteiger partial charge in [0.1, 0.15) is 5.75 Å². The molecule has 1 aliphatic rings. The summed E-state index contributed by atoms with van der Waals surface area (Å²) in [5.41, 5.74) is 1.21. The van der Waals surface area contributed by atoms with Gasteiger partial charge in [0.15, 0.2) is 5.78 Å². The molecule has 18 heavy (non-hydrogen) atoms. The lowest BCUT2D eigenvalue weighted by Gasteiger charge is -2.15. The van der Waals surface area contributed by atoms with Gasteiger partial charge in [0.05, 0.1) is 24.7 Å². The van der Waals surface area contributed by atoms with Gasteiger partial charge >= 0.3 is 0 Å². The number of aliphatic hydroxyl groups is 1. The Morgan fingerprint density at radius 1 is 1.44 bits per heavy atom. The van der Waals surface area contributed by atoms with E-state index in [1.54, 1.807) is 7.11 Å². The van der Waals surface area contributed by atoms with Gasteiger partial charge in [-0.2, -0.15) is 0 Å². The molecule has 0 bridgehead atoms. The van der Waals surface area contributed by atoms with E-state index in [0.29, 0.717) is 17.2 Å². The van der Waals surface area contributed by atoms with Gasteiger partial charge in [-0.05, 0) is 36.5 Å². The van der Waals surface area contributed by atoms with Gasteiger partial charge in [-0.25, -0.2) is 0 Å². The minimum Gasteiger partial charge on any atom is -0.496 e. The topological polar surface area (TPSA) is 46.5 Å². The van der Waals surface area contributed by atoms with E-state index in [1.807, 2.05) is 18.2 Å². The zero-order chi connectivity index (χ0) is 13.3. The van der Waals surface area contributed by atoms with E-state index in [9.17, 15) is 9.90 Å². The van der Waals surface area contributed by atoms with Crippen LogP contribution in [0.3, 0.4) is 0 Å². The summed E-state index contributed by atoms with van der Waals surface area (Å²) in [4.78, 5) is 12.4. The van der Waals surface area contributed by atoms with Crippen LogP contribution in [-0.4, -0.2) is 24.6 Å². The molecule has 3 heteroatoms. The molecule has 0 radical (unpaired) electrons. The maximum atomic E-state index is 12.4. The molecule has 0 heterocycles. The number of methoxy groups -OCH3 is 1. The van der Waals surface area contributed by atoms with Crippen LogP contribution in [0.4, 0.5) is 0 Å². The minimum atomic E-state index is -0.535. The third-order valence-electron chi connectivity index (χ3n) is 3.77. The number of hydrogen-bond acceptors (Lipinski definition) is 3. The van der Waals surface area contributed by atoms with Crippen molar-refractivity contribution in [2.24, 2.45) is 5.41 Å². The predicted octanol–water partition coefficient (Wildman–Crippen LogP) is 2.77. The normalized spacial score (nSPS) is 16.7. The third-order valence-corrected chi connectivity index (χ3v) is 3.77. The van der Waals surface area contributed by atoms with Crippen LogP contribution in [0.25, 0.3) is 0 Å². The highest BCUT2D eigenvalue weighted by Gasteiger charge is 2.50. The molecule has 0 aromatic heterocycles. The summed E-state index contributed by atoms with van der Waals surface area (Å²) in [7, 11) is 1.58. The van der Waals surface area contributed by atoms with Gasteiger partial charge in [-0.15, -0.1) is 0 Å². The van der Waals surface area contributed by atoms with E-state index < -0.39 is 5.41 Å². The monoisotopic (exact) mass is 248 g/mol. The van der Waals surface area contributed by atoms with E-state index in [1.165, 1.54) is 0 Å². The molecule has 3 nitrogen and oxygen atoms in total. The Hall–Kier alpha value is -1.35.